The minimum atomic E-state index is 0.425. The standard InChI is InChI=1S/C10H17N3O2/c1-2-14-7-9-12-10(15-13-9)8-3-5-11-6-4-8/h8,11H,2-7H2,1H3. The normalized spacial score (nSPS) is 18.2. The zero-order valence-electron chi connectivity index (χ0n) is 9.03. The summed E-state index contributed by atoms with van der Waals surface area (Å²) in [7, 11) is 0. The number of piperidine rings is 1. The van der Waals surface area contributed by atoms with Crippen LogP contribution in [0.3, 0.4) is 0 Å². The highest BCUT2D eigenvalue weighted by atomic mass is 16.5. The van der Waals surface area contributed by atoms with Crippen LogP contribution in [0.5, 0.6) is 0 Å². The summed E-state index contributed by atoms with van der Waals surface area (Å²) < 4.78 is 10.5. The van der Waals surface area contributed by atoms with Gasteiger partial charge in [-0.25, -0.2) is 0 Å². The number of hydrogen-bond acceptors (Lipinski definition) is 5. The van der Waals surface area contributed by atoms with Crippen LogP contribution in [0.25, 0.3) is 0 Å². The van der Waals surface area contributed by atoms with Crippen molar-refractivity contribution in [3.8, 4) is 0 Å². The molecule has 1 aromatic heterocycles. The SMILES string of the molecule is CCOCc1noc(C2CCNCC2)n1. The average Bonchev–Trinajstić information content (AvgIpc) is 2.76. The summed E-state index contributed by atoms with van der Waals surface area (Å²) >= 11 is 0. The van der Waals surface area contributed by atoms with Crippen LogP contribution >= 0.6 is 0 Å². The molecule has 1 aliphatic heterocycles. The van der Waals surface area contributed by atoms with E-state index in [0.717, 1.165) is 31.8 Å². The zero-order valence-corrected chi connectivity index (χ0v) is 9.03. The van der Waals surface area contributed by atoms with Gasteiger partial charge in [-0.2, -0.15) is 4.98 Å². The first-order valence-electron chi connectivity index (χ1n) is 5.51. The lowest BCUT2D eigenvalue weighted by Gasteiger charge is -2.18. The molecule has 1 aliphatic rings. The van der Waals surface area contributed by atoms with Crippen molar-refractivity contribution in [2.75, 3.05) is 19.7 Å². The van der Waals surface area contributed by atoms with Crippen molar-refractivity contribution in [2.45, 2.75) is 32.3 Å². The van der Waals surface area contributed by atoms with Gasteiger partial charge in [-0.05, 0) is 32.9 Å². The second kappa shape index (κ2) is 5.23. The molecule has 1 aromatic rings. The molecule has 0 amide bonds. The van der Waals surface area contributed by atoms with Crippen LogP contribution in [-0.4, -0.2) is 29.8 Å². The van der Waals surface area contributed by atoms with Crippen molar-refractivity contribution in [3.05, 3.63) is 11.7 Å². The fraction of sp³-hybridized carbons (Fsp3) is 0.800. The highest BCUT2D eigenvalue weighted by Gasteiger charge is 2.21. The molecule has 1 fully saturated rings. The van der Waals surface area contributed by atoms with Crippen molar-refractivity contribution in [1.29, 1.82) is 0 Å². The lowest BCUT2D eigenvalue weighted by molar-refractivity contribution is 0.126. The summed E-state index contributed by atoms with van der Waals surface area (Å²) in [6.45, 7) is 5.15. The monoisotopic (exact) mass is 211 g/mol. The van der Waals surface area contributed by atoms with Gasteiger partial charge in [-0.3, -0.25) is 0 Å². The van der Waals surface area contributed by atoms with E-state index in [1.165, 1.54) is 0 Å². The molecule has 5 nitrogen and oxygen atoms in total. The number of rotatable bonds is 4. The predicted octanol–water partition coefficient (Wildman–Crippen LogP) is 1.07. The molecular formula is C10H17N3O2. The summed E-state index contributed by atoms with van der Waals surface area (Å²) in [5.41, 5.74) is 0. The van der Waals surface area contributed by atoms with Crippen LogP contribution in [0, 0.1) is 0 Å². The Morgan fingerprint density at radius 3 is 3.00 bits per heavy atom. The Labute approximate surface area is 89.2 Å². The van der Waals surface area contributed by atoms with Crippen molar-refractivity contribution < 1.29 is 9.26 Å². The van der Waals surface area contributed by atoms with Gasteiger partial charge in [0.2, 0.25) is 5.89 Å². The Kier molecular flexibility index (Phi) is 3.69. The molecule has 0 aromatic carbocycles. The Balaban J connectivity index is 1.93. The van der Waals surface area contributed by atoms with Crippen molar-refractivity contribution in [1.82, 2.24) is 15.5 Å². The fourth-order valence-electron chi connectivity index (χ4n) is 1.75. The maximum absolute atomic E-state index is 5.23. The Hall–Kier alpha value is -0.940. The first-order chi connectivity index (χ1) is 7.40. The van der Waals surface area contributed by atoms with Gasteiger partial charge in [0.25, 0.3) is 0 Å². The lowest BCUT2D eigenvalue weighted by atomic mass is 9.98. The van der Waals surface area contributed by atoms with E-state index in [1.54, 1.807) is 0 Å². The first-order valence-corrected chi connectivity index (χ1v) is 5.51. The highest BCUT2D eigenvalue weighted by Crippen LogP contribution is 2.23. The Bertz CT molecular complexity index is 295. The third kappa shape index (κ3) is 2.76. The van der Waals surface area contributed by atoms with Gasteiger partial charge >= 0.3 is 0 Å². The molecule has 0 bridgehead atoms. The molecule has 1 saturated heterocycles. The summed E-state index contributed by atoms with van der Waals surface area (Å²) in [5.74, 6) is 1.85. The maximum Gasteiger partial charge on any atom is 0.229 e. The lowest BCUT2D eigenvalue weighted by Crippen LogP contribution is -2.26. The van der Waals surface area contributed by atoms with E-state index in [2.05, 4.69) is 15.5 Å². The van der Waals surface area contributed by atoms with Gasteiger partial charge in [-0.1, -0.05) is 5.16 Å². The molecule has 0 aliphatic carbocycles. The zero-order chi connectivity index (χ0) is 10.5. The van der Waals surface area contributed by atoms with Gasteiger partial charge in [-0.15, -0.1) is 0 Å². The number of nitrogens with zero attached hydrogens (tertiary/aromatic N) is 2. The van der Waals surface area contributed by atoms with Crippen LogP contribution < -0.4 is 5.32 Å². The molecule has 0 unspecified atom stereocenters. The van der Waals surface area contributed by atoms with Crippen LogP contribution in [-0.2, 0) is 11.3 Å². The van der Waals surface area contributed by atoms with Gasteiger partial charge < -0.3 is 14.6 Å². The molecule has 0 spiro atoms. The third-order valence-electron chi connectivity index (χ3n) is 2.61. The largest absolute Gasteiger partial charge is 0.374 e. The second-order valence-electron chi connectivity index (χ2n) is 3.71. The van der Waals surface area contributed by atoms with E-state index in [4.69, 9.17) is 9.26 Å². The molecule has 0 radical (unpaired) electrons. The van der Waals surface area contributed by atoms with Crippen LogP contribution in [0.2, 0.25) is 0 Å². The van der Waals surface area contributed by atoms with Crippen LogP contribution in [0.4, 0.5) is 0 Å². The van der Waals surface area contributed by atoms with Gasteiger partial charge in [0, 0.05) is 12.5 Å². The molecule has 5 heteroatoms. The quantitative estimate of drug-likeness (QED) is 0.807. The molecule has 84 valence electrons. The maximum atomic E-state index is 5.23. The van der Waals surface area contributed by atoms with E-state index in [1.807, 2.05) is 6.92 Å². The number of ether oxygens (including phenoxy) is 1. The minimum absolute atomic E-state index is 0.425. The van der Waals surface area contributed by atoms with E-state index >= 15 is 0 Å². The van der Waals surface area contributed by atoms with Gasteiger partial charge in [0.05, 0.1) is 0 Å². The molecule has 2 rings (SSSR count). The predicted molar refractivity (Wildman–Crippen MR) is 54.5 cm³/mol. The summed E-state index contributed by atoms with van der Waals surface area (Å²) in [5, 5.41) is 7.21. The molecule has 1 N–H and O–H groups in total. The van der Waals surface area contributed by atoms with Crippen molar-refractivity contribution in [2.24, 2.45) is 0 Å². The van der Waals surface area contributed by atoms with Crippen molar-refractivity contribution in [3.63, 3.8) is 0 Å². The topological polar surface area (TPSA) is 60.2 Å². The van der Waals surface area contributed by atoms with Crippen molar-refractivity contribution >= 4 is 0 Å². The summed E-state index contributed by atoms with van der Waals surface area (Å²) in [6, 6.07) is 0. The number of nitrogens with one attached hydrogen (secondary N) is 1. The van der Waals surface area contributed by atoms with Gasteiger partial charge in [0.15, 0.2) is 5.82 Å². The molecule has 0 atom stereocenters. The highest BCUT2D eigenvalue weighted by molar-refractivity contribution is 4.95. The Morgan fingerprint density at radius 2 is 2.27 bits per heavy atom. The average molecular weight is 211 g/mol. The second-order valence-corrected chi connectivity index (χ2v) is 3.71. The van der Waals surface area contributed by atoms with Crippen LogP contribution in [0.15, 0.2) is 4.52 Å². The first kappa shape index (κ1) is 10.6. The van der Waals surface area contributed by atoms with E-state index in [-0.39, 0.29) is 0 Å². The molecule has 2 heterocycles. The minimum Gasteiger partial charge on any atom is -0.374 e. The Morgan fingerprint density at radius 1 is 1.47 bits per heavy atom. The van der Waals surface area contributed by atoms with Crippen LogP contribution in [0.1, 0.15) is 37.4 Å². The smallest absolute Gasteiger partial charge is 0.229 e. The summed E-state index contributed by atoms with van der Waals surface area (Å²) in [6.07, 6.45) is 2.16. The number of hydrogen-bond donors (Lipinski definition) is 1. The molecule has 0 saturated carbocycles. The molecular weight excluding hydrogens is 194 g/mol. The third-order valence-corrected chi connectivity index (χ3v) is 2.61. The van der Waals surface area contributed by atoms with Gasteiger partial charge in [0.1, 0.15) is 6.61 Å². The van der Waals surface area contributed by atoms with E-state index in [9.17, 15) is 0 Å². The van der Waals surface area contributed by atoms with E-state index in [0.29, 0.717) is 25.0 Å². The van der Waals surface area contributed by atoms with E-state index < -0.39 is 0 Å². The number of aromatic nitrogens is 2. The molecule has 15 heavy (non-hydrogen) atoms. The summed E-state index contributed by atoms with van der Waals surface area (Å²) in [4.78, 5) is 4.34. The fourth-order valence-corrected chi connectivity index (χ4v) is 1.75.